The Kier molecular flexibility index (Phi) is 10.4. The summed E-state index contributed by atoms with van der Waals surface area (Å²) in [4.78, 5) is 0. The molecule has 1 saturated carbocycles. The number of rotatable bonds is 0. The first-order chi connectivity index (χ1) is 5.22. The summed E-state index contributed by atoms with van der Waals surface area (Å²) in [6.07, 6.45) is 4.80. The molecule has 0 aliphatic heterocycles. The molecule has 1 nitrogen and oxygen atoms in total. The second-order valence-electron chi connectivity index (χ2n) is 2.70. The normalized spacial score (nSPS) is 30.9. The average Bonchev–Trinajstić information content (AvgIpc) is 1.97. The molecule has 0 aromatic carbocycles. The van der Waals surface area contributed by atoms with Crippen molar-refractivity contribution in [3.8, 4) is 0 Å². The Morgan fingerprint density at radius 2 is 1.73 bits per heavy atom. The molecule has 0 spiro atoms. The van der Waals surface area contributed by atoms with Gasteiger partial charge >= 0.3 is 49.9 Å². The fraction of sp³-hybridized carbons (Fsp3) is 0.857. The van der Waals surface area contributed by atoms with Gasteiger partial charge in [-0.15, -0.1) is 0 Å². The topological polar surface area (TPSA) is 23.8 Å². The number of hydrogen-bond acceptors (Lipinski definition) is 0. The van der Waals surface area contributed by atoms with Crippen molar-refractivity contribution in [2.45, 2.75) is 31.7 Å². The predicted octanol–water partition coefficient (Wildman–Crippen LogP) is 4.20. The standard InChI is InChI=1S/C7H13N.2HI.Pt/c1-6-4-2-3-5-7(6)8;;;/h6-8H,1-5H2;2*1H;/q-2;;;+4/p-2. The molecule has 1 fully saturated rings. The van der Waals surface area contributed by atoms with E-state index in [1.165, 1.54) is 19.3 Å². The van der Waals surface area contributed by atoms with Gasteiger partial charge in [0.15, 0.2) is 0 Å². The first-order valence-corrected chi connectivity index (χ1v) is 16.5. The van der Waals surface area contributed by atoms with Crippen molar-refractivity contribution in [2.75, 3.05) is 0 Å². The van der Waals surface area contributed by atoms with Crippen molar-refractivity contribution in [2.24, 2.45) is 5.92 Å². The molecule has 0 saturated heterocycles. The quantitative estimate of drug-likeness (QED) is 0.314. The van der Waals surface area contributed by atoms with Gasteiger partial charge in [-0.25, -0.2) is 0 Å². The van der Waals surface area contributed by atoms with Crippen LogP contribution in [0.3, 0.4) is 0 Å². The number of hydrogen-bond donors (Lipinski definition) is 0. The van der Waals surface area contributed by atoms with Crippen LogP contribution in [-0.2, 0) is 11.2 Å². The van der Waals surface area contributed by atoms with E-state index >= 15 is 0 Å². The van der Waals surface area contributed by atoms with Gasteiger partial charge in [0.25, 0.3) is 0 Å². The summed E-state index contributed by atoms with van der Waals surface area (Å²) >= 11 is 5.30. The van der Waals surface area contributed by atoms with E-state index in [1.807, 2.05) is 0 Å². The van der Waals surface area contributed by atoms with Gasteiger partial charge in [-0.1, -0.05) is 25.7 Å². The van der Waals surface area contributed by atoms with Gasteiger partial charge in [0, 0.05) is 0 Å². The monoisotopic (exact) mass is 560 g/mol. The van der Waals surface area contributed by atoms with Crippen LogP contribution in [-0.4, -0.2) is 6.04 Å². The van der Waals surface area contributed by atoms with E-state index in [2.05, 4.69) is 45.6 Å². The van der Waals surface area contributed by atoms with Crippen LogP contribution in [0.5, 0.6) is 0 Å². The van der Waals surface area contributed by atoms with Gasteiger partial charge in [-0.05, 0) is 0 Å². The fourth-order valence-corrected chi connectivity index (χ4v) is 1.21. The van der Waals surface area contributed by atoms with Crippen molar-refractivity contribution in [1.82, 2.24) is 0 Å². The van der Waals surface area contributed by atoms with E-state index in [1.54, 1.807) is 0 Å². The number of nitrogens with one attached hydrogen (secondary N) is 1. The Labute approximate surface area is 98.8 Å². The molecule has 1 rings (SSSR count). The van der Waals surface area contributed by atoms with Crippen LogP contribution in [0.4, 0.5) is 0 Å². The summed E-state index contributed by atoms with van der Waals surface area (Å²) in [5.41, 5.74) is 7.42. The molecule has 0 radical (unpaired) electrons. The zero-order valence-corrected chi connectivity index (χ0v) is 12.8. The van der Waals surface area contributed by atoms with Crippen LogP contribution >= 0.6 is 38.7 Å². The van der Waals surface area contributed by atoms with Crippen molar-refractivity contribution < 1.29 is 11.2 Å². The third kappa shape index (κ3) is 7.20. The van der Waals surface area contributed by atoms with Crippen molar-refractivity contribution in [1.29, 1.82) is 0 Å². The van der Waals surface area contributed by atoms with Crippen LogP contribution in [0.15, 0.2) is 0 Å². The molecule has 11 heavy (non-hydrogen) atoms. The molecule has 0 aromatic heterocycles. The van der Waals surface area contributed by atoms with Crippen LogP contribution in [0.2, 0.25) is 0 Å². The Bertz CT molecular complexity index is 82.5. The van der Waals surface area contributed by atoms with Gasteiger partial charge < -0.3 is 12.7 Å². The Morgan fingerprint density at radius 1 is 1.27 bits per heavy atom. The fourth-order valence-electron chi connectivity index (χ4n) is 1.21. The van der Waals surface area contributed by atoms with Crippen LogP contribution < -0.4 is 0 Å². The maximum atomic E-state index is 7.42. The second-order valence-corrected chi connectivity index (χ2v) is 19.3. The molecule has 0 heterocycles. The third-order valence-corrected chi connectivity index (χ3v) is 1.91. The van der Waals surface area contributed by atoms with E-state index < -0.39 is 0 Å². The molecular formula is C7H13I2NPt. The molecule has 1 aliphatic carbocycles. The van der Waals surface area contributed by atoms with E-state index in [4.69, 9.17) is 5.73 Å². The van der Waals surface area contributed by atoms with Crippen LogP contribution in [0.25, 0.3) is 5.73 Å². The summed E-state index contributed by atoms with van der Waals surface area (Å²) in [5, 5.41) is 0. The molecule has 0 bridgehead atoms. The SMILES string of the molecule is [CH2-]C1CCCCC1[NH-].[I][Pt+2][I]. The average molecular weight is 560 g/mol. The van der Waals surface area contributed by atoms with Crippen molar-refractivity contribution in [3.63, 3.8) is 0 Å². The van der Waals surface area contributed by atoms with Crippen molar-refractivity contribution in [3.05, 3.63) is 12.7 Å². The molecule has 1 N–H and O–H groups in total. The van der Waals surface area contributed by atoms with E-state index in [-0.39, 0.29) is 6.04 Å². The summed E-state index contributed by atoms with van der Waals surface area (Å²) in [5.74, 6) is 0.420. The Morgan fingerprint density at radius 3 is 2.00 bits per heavy atom. The van der Waals surface area contributed by atoms with E-state index in [0.717, 1.165) is 6.42 Å². The Balaban J connectivity index is 0.000000292. The van der Waals surface area contributed by atoms with Gasteiger partial charge in [0.05, 0.1) is 0 Å². The first kappa shape index (κ1) is 13.1. The molecule has 0 aromatic rings. The molecule has 4 heteroatoms. The second kappa shape index (κ2) is 8.70. The summed E-state index contributed by atoms with van der Waals surface area (Å²) in [6, 6.07) is 0.142. The summed E-state index contributed by atoms with van der Waals surface area (Å²) in [7, 11) is 0. The predicted molar refractivity (Wildman–Crippen MR) is 63.5 cm³/mol. The van der Waals surface area contributed by atoms with Gasteiger partial charge in [0.2, 0.25) is 0 Å². The molecule has 70 valence electrons. The zero-order chi connectivity index (χ0) is 8.69. The summed E-state index contributed by atoms with van der Waals surface area (Å²) < 4.78 is 0. The zero-order valence-electron chi connectivity index (χ0n) is 6.26. The van der Waals surface area contributed by atoms with Gasteiger partial charge in [-0.2, -0.15) is 12.0 Å². The number of halogens is 2. The molecule has 2 unspecified atom stereocenters. The molecule has 2 atom stereocenters. The molecule has 0 amide bonds. The molecular weight excluding hydrogens is 547 g/mol. The maximum absolute atomic E-state index is 7.42. The van der Waals surface area contributed by atoms with Crippen LogP contribution in [0, 0.1) is 12.8 Å². The van der Waals surface area contributed by atoms with Gasteiger partial charge in [-0.3, -0.25) is 0 Å². The third-order valence-electron chi connectivity index (χ3n) is 1.91. The van der Waals surface area contributed by atoms with E-state index in [0.29, 0.717) is 17.1 Å². The van der Waals surface area contributed by atoms with Crippen molar-refractivity contribution >= 4 is 38.7 Å². The minimum atomic E-state index is 0.142. The van der Waals surface area contributed by atoms with Gasteiger partial charge in [0.1, 0.15) is 0 Å². The summed E-state index contributed by atoms with van der Waals surface area (Å²) in [6.45, 7) is 3.89. The van der Waals surface area contributed by atoms with E-state index in [9.17, 15) is 0 Å². The molecule has 1 aliphatic rings. The Hall–Kier alpha value is 2.11. The van der Waals surface area contributed by atoms with Crippen LogP contribution in [0.1, 0.15) is 25.7 Å². The first-order valence-electron chi connectivity index (χ1n) is 3.59. The minimum absolute atomic E-state index is 0.142.